The molecule has 0 N–H and O–H groups in total. The SMILES string of the molecule is CC1CN(C(=O)Cc2ccon2)c2cccc(Cl)c2O1. The number of hydrogen-bond donors (Lipinski definition) is 0. The number of nitrogens with zero attached hydrogens (tertiary/aromatic N) is 2. The molecule has 6 heteroatoms. The Balaban J connectivity index is 1.90. The van der Waals surface area contributed by atoms with E-state index in [1.807, 2.05) is 13.0 Å². The summed E-state index contributed by atoms with van der Waals surface area (Å²) in [7, 11) is 0. The fourth-order valence-electron chi connectivity index (χ4n) is 2.24. The van der Waals surface area contributed by atoms with Crippen LogP contribution in [0.3, 0.4) is 0 Å². The van der Waals surface area contributed by atoms with Crippen molar-refractivity contribution in [2.45, 2.75) is 19.4 Å². The Kier molecular flexibility index (Phi) is 3.36. The van der Waals surface area contributed by atoms with E-state index in [-0.39, 0.29) is 18.4 Å². The summed E-state index contributed by atoms with van der Waals surface area (Å²) in [5.41, 5.74) is 1.31. The summed E-state index contributed by atoms with van der Waals surface area (Å²) in [6.45, 7) is 2.40. The minimum Gasteiger partial charge on any atom is -0.485 e. The van der Waals surface area contributed by atoms with Crippen molar-refractivity contribution in [3.05, 3.63) is 41.2 Å². The van der Waals surface area contributed by atoms with Crippen LogP contribution >= 0.6 is 11.6 Å². The number of aromatic nitrogens is 1. The average Bonchev–Trinajstić information content (AvgIpc) is 2.92. The smallest absolute Gasteiger partial charge is 0.233 e. The second-order valence-corrected chi connectivity index (χ2v) is 5.10. The van der Waals surface area contributed by atoms with Gasteiger partial charge in [-0.15, -0.1) is 0 Å². The monoisotopic (exact) mass is 292 g/mol. The van der Waals surface area contributed by atoms with Crippen LogP contribution in [0.15, 0.2) is 35.1 Å². The lowest BCUT2D eigenvalue weighted by Crippen LogP contribution is -2.43. The van der Waals surface area contributed by atoms with Gasteiger partial charge >= 0.3 is 0 Å². The molecule has 2 aromatic rings. The molecule has 1 aromatic carbocycles. The molecule has 0 bridgehead atoms. The maximum atomic E-state index is 12.4. The summed E-state index contributed by atoms with van der Waals surface area (Å²) in [6.07, 6.45) is 1.54. The van der Waals surface area contributed by atoms with Crippen LogP contribution in [0.4, 0.5) is 5.69 Å². The van der Waals surface area contributed by atoms with Gasteiger partial charge in [0.25, 0.3) is 0 Å². The number of carbonyl (C=O) groups excluding carboxylic acids is 1. The fraction of sp³-hybridized carbons (Fsp3) is 0.286. The largest absolute Gasteiger partial charge is 0.485 e. The van der Waals surface area contributed by atoms with E-state index in [0.29, 0.717) is 28.7 Å². The van der Waals surface area contributed by atoms with Crippen LogP contribution in [-0.4, -0.2) is 23.7 Å². The molecule has 1 aromatic heterocycles. The van der Waals surface area contributed by atoms with E-state index in [2.05, 4.69) is 5.16 Å². The van der Waals surface area contributed by atoms with E-state index in [1.165, 1.54) is 6.26 Å². The summed E-state index contributed by atoms with van der Waals surface area (Å²) in [6, 6.07) is 7.06. The van der Waals surface area contributed by atoms with Crippen molar-refractivity contribution in [3.8, 4) is 5.75 Å². The first-order valence-electron chi connectivity index (χ1n) is 6.30. The predicted octanol–water partition coefficient (Wildman–Crippen LogP) is 2.68. The molecule has 0 saturated carbocycles. The van der Waals surface area contributed by atoms with Crippen LogP contribution in [0.1, 0.15) is 12.6 Å². The van der Waals surface area contributed by atoms with Crippen molar-refractivity contribution in [2.75, 3.05) is 11.4 Å². The van der Waals surface area contributed by atoms with Gasteiger partial charge in [0.05, 0.1) is 29.4 Å². The zero-order valence-corrected chi connectivity index (χ0v) is 11.6. The Hall–Kier alpha value is -2.01. The first-order valence-corrected chi connectivity index (χ1v) is 6.67. The quantitative estimate of drug-likeness (QED) is 0.854. The second kappa shape index (κ2) is 5.17. The molecule has 2 heterocycles. The number of ether oxygens (including phenoxy) is 1. The molecule has 0 spiro atoms. The maximum Gasteiger partial charge on any atom is 0.233 e. The summed E-state index contributed by atoms with van der Waals surface area (Å²) >= 11 is 6.13. The number of anilines is 1. The molecule has 1 amide bonds. The predicted molar refractivity (Wildman–Crippen MR) is 74.1 cm³/mol. The van der Waals surface area contributed by atoms with Crippen LogP contribution in [0.5, 0.6) is 5.75 Å². The molecule has 1 atom stereocenters. The van der Waals surface area contributed by atoms with Crippen LogP contribution < -0.4 is 9.64 Å². The molecule has 104 valence electrons. The topological polar surface area (TPSA) is 55.6 Å². The van der Waals surface area contributed by atoms with Gasteiger partial charge in [0, 0.05) is 6.07 Å². The van der Waals surface area contributed by atoms with Gasteiger partial charge in [-0.25, -0.2) is 0 Å². The fourth-order valence-corrected chi connectivity index (χ4v) is 2.45. The van der Waals surface area contributed by atoms with Gasteiger partial charge in [-0.3, -0.25) is 4.79 Å². The first kappa shape index (κ1) is 13.0. The van der Waals surface area contributed by atoms with E-state index >= 15 is 0 Å². The van der Waals surface area contributed by atoms with Gasteiger partial charge in [-0.2, -0.15) is 0 Å². The molecule has 1 aliphatic rings. The van der Waals surface area contributed by atoms with Crippen molar-refractivity contribution in [1.82, 2.24) is 5.16 Å². The van der Waals surface area contributed by atoms with E-state index < -0.39 is 0 Å². The molecule has 3 rings (SSSR count). The number of amides is 1. The number of benzene rings is 1. The third-order valence-electron chi connectivity index (χ3n) is 3.12. The number of fused-ring (bicyclic) bond motifs is 1. The van der Waals surface area contributed by atoms with Crippen LogP contribution in [0, 0.1) is 0 Å². The summed E-state index contributed by atoms with van der Waals surface area (Å²) in [5, 5.41) is 4.27. The lowest BCUT2D eigenvalue weighted by Gasteiger charge is -2.33. The maximum absolute atomic E-state index is 12.4. The number of rotatable bonds is 2. The highest BCUT2D eigenvalue weighted by Gasteiger charge is 2.29. The van der Waals surface area contributed by atoms with E-state index in [4.69, 9.17) is 20.9 Å². The van der Waals surface area contributed by atoms with Crippen molar-refractivity contribution < 1.29 is 14.1 Å². The van der Waals surface area contributed by atoms with E-state index in [0.717, 1.165) is 0 Å². The Morgan fingerprint density at radius 3 is 3.10 bits per heavy atom. The molecule has 1 unspecified atom stereocenters. The minimum absolute atomic E-state index is 0.0578. The average molecular weight is 293 g/mol. The highest BCUT2D eigenvalue weighted by atomic mass is 35.5. The Bertz CT molecular complexity index is 627. The van der Waals surface area contributed by atoms with Gasteiger partial charge < -0.3 is 14.2 Å². The van der Waals surface area contributed by atoms with Gasteiger partial charge in [-0.1, -0.05) is 22.8 Å². The van der Waals surface area contributed by atoms with Crippen LogP contribution in [0.2, 0.25) is 5.02 Å². The van der Waals surface area contributed by atoms with Gasteiger partial charge in [-0.05, 0) is 19.1 Å². The van der Waals surface area contributed by atoms with Crippen molar-refractivity contribution >= 4 is 23.2 Å². The molecule has 0 aliphatic carbocycles. The van der Waals surface area contributed by atoms with Gasteiger partial charge in [0.1, 0.15) is 12.4 Å². The Morgan fingerprint density at radius 2 is 2.35 bits per heavy atom. The van der Waals surface area contributed by atoms with E-state index in [1.54, 1.807) is 23.1 Å². The molecule has 20 heavy (non-hydrogen) atoms. The first-order chi connectivity index (χ1) is 9.65. The molecular formula is C14H13ClN2O3. The third kappa shape index (κ3) is 2.36. The summed E-state index contributed by atoms with van der Waals surface area (Å²) < 4.78 is 10.5. The highest BCUT2D eigenvalue weighted by molar-refractivity contribution is 6.32. The lowest BCUT2D eigenvalue weighted by molar-refractivity contribution is -0.118. The summed E-state index contributed by atoms with van der Waals surface area (Å²) in [5.74, 6) is 0.499. The van der Waals surface area contributed by atoms with E-state index in [9.17, 15) is 4.79 Å². The van der Waals surface area contributed by atoms with Crippen LogP contribution in [0.25, 0.3) is 0 Å². The number of halogens is 1. The van der Waals surface area contributed by atoms with Crippen molar-refractivity contribution in [3.63, 3.8) is 0 Å². The number of para-hydroxylation sites is 1. The normalized spacial score (nSPS) is 17.5. The zero-order valence-electron chi connectivity index (χ0n) is 10.9. The molecule has 0 radical (unpaired) electrons. The van der Waals surface area contributed by atoms with Crippen LogP contribution in [-0.2, 0) is 11.2 Å². The third-order valence-corrected chi connectivity index (χ3v) is 3.42. The lowest BCUT2D eigenvalue weighted by atomic mass is 10.1. The standard InChI is InChI=1S/C14H13ClN2O3/c1-9-8-17(13(18)7-10-5-6-19-16-10)12-4-2-3-11(15)14(12)20-9/h2-6,9H,7-8H2,1H3. The molecule has 0 fully saturated rings. The second-order valence-electron chi connectivity index (χ2n) is 4.69. The van der Waals surface area contributed by atoms with Crippen molar-refractivity contribution in [1.29, 1.82) is 0 Å². The highest BCUT2D eigenvalue weighted by Crippen LogP contribution is 2.39. The van der Waals surface area contributed by atoms with Gasteiger partial charge in [0.2, 0.25) is 5.91 Å². The van der Waals surface area contributed by atoms with Crippen molar-refractivity contribution in [2.24, 2.45) is 0 Å². The molecular weight excluding hydrogens is 280 g/mol. The number of carbonyl (C=O) groups is 1. The molecule has 0 saturated heterocycles. The molecule has 5 nitrogen and oxygen atoms in total. The van der Waals surface area contributed by atoms with Gasteiger partial charge in [0.15, 0.2) is 5.75 Å². The Morgan fingerprint density at radius 1 is 1.50 bits per heavy atom. The number of hydrogen-bond acceptors (Lipinski definition) is 4. The zero-order chi connectivity index (χ0) is 14.1. The molecule has 1 aliphatic heterocycles. The minimum atomic E-state index is -0.108. The Labute approximate surface area is 121 Å². The summed E-state index contributed by atoms with van der Waals surface area (Å²) in [4.78, 5) is 14.1.